The largest absolute Gasteiger partial charge is 0.301 e. The molecular formula is C25H32FN3O2S. The van der Waals surface area contributed by atoms with Crippen molar-refractivity contribution >= 4 is 16.1 Å². The molecule has 0 aromatic heterocycles. The molecule has 32 heavy (non-hydrogen) atoms. The minimum Gasteiger partial charge on any atom is -0.301 e. The second-order valence-corrected chi connectivity index (χ2v) is 10.6. The monoisotopic (exact) mass is 457 g/mol. The lowest BCUT2D eigenvalue weighted by Gasteiger charge is -2.38. The van der Waals surface area contributed by atoms with Gasteiger partial charge in [-0.2, -0.15) is 4.31 Å². The Hall–Kier alpha value is -2.06. The molecule has 4 rings (SSSR count). The molecule has 0 N–H and O–H groups in total. The van der Waals surface area contributed by atoms with E-state index in [-0.39, 0.29) is 5.82 Å². The van der Waals surface area contributed by atoms with Gasteiger partial charge in [0.15, 0.2) is 0 Å². The summed E-state index contributed by atoms with van der Waals surface area (Å²) in [5.41, 5.74) is 2.04. The maximum absolute atomic E-state index is 13.1. The van der Waals surface area contributed by atoms with Gasteiger partial charge in [-0.15, -0.1) is 0 Å². The summed E-state index contributed by atoms with van der Waals surface area (Å²) in [5, 5.41) is 1.34. The molecule has 172 valence electrons. The normalized spacial score (nSPS) is 20.2. The number of piperazine rings is 1. The highest BCUT2D eigenvalue weighted by Gasteiger charge is 2.28. The average molecular weight is 458 g/mol. The topological polar surface area (TPSA) is 43.9 Å². The number of piperidine rings is 1. The first kappa shape index (κ1) is 23.1. The fourth-order valence-electron chi connectivity index (χ4n) is 4.50. The molecule has 0 amide bonds. The molecule has 2 fully saturated rings. The maximum Gasteiger partial charge on any atom is 0.236 e. The second-order valence-electron chi connectivity index (χ2n) is 8.80. The first-order valence-electron chi connectivity index (χ1n) is 11.4. The van der Waals surface area contributed by atoms with Gasteiger partial charge in [-0.05, 0) is 48.1 Å². The van der Waals surface area contributed by atoms with Crippen molar-refractivity contribution < 1.29 is 12.8 Å². The third-order valence-corrected chi connectivity index (χ3v) is 8.03. The number of nitrogens with zero attached hydrogens (tertiary/aromatic N) is 3. The Morgan fingerprint density at radius 3 is 2.12 bits per heavy atom. The van der Waals surface area contributed by atoms with Crippen molar-refractivity contribution in [1.82, 2.24) is 14.1 Å². The predicted octanol–water partition coefficient (Wildman–Crippen LogP) is 3.66. The molecule has 2 aromatic rings. The Labute approximate surface area is 191 Å². The maximum atomic E-state index is 13.1. The quantitative estimate of drug-likeness (QED) is 0.637. The summed E-state index contributed by atoms with van der Waals surface area (Å²) < 4.78 is 40.0. The van der Waals surface area contributed by atoms with E-state index in [1.165, 1.54) is 17.5 Å². The van der Waals surface area contributed by atoms with Crippen LogP contribution in [-0.4, -0.2) is 68.3 Å². The van der Waals surface area contributed by atoms with Gasteiger partial charge >= 0.3 is 0 Å². The van der Waals surface area contributed by atoms with Crippen LogP contribution in [0, 0.1) is 11.7 Å². The molecule has 2 aromatic carbocycles. The summed E-state index contributed by atoms with van der Waals surface area (Å²) in [4.78, 5) is 4.92. The molecule has 2 aliphatic heterocycles. The molecule has 0 radical (unpaired) electrons. The van der Waals surface area contributed by atoms with Crippen molar-refractivity contribution in [3.8, 4) is 0 Å². The summed E-state index contributed by atoms with van der Waals surface area (Å²) in [6.45, 7) is 7.16. The smallest absolute Gasteiger partial charge is 0.236 e. The third-order valence-electron chi connectivity index (χ3n) is 6.47. The molecule has 5 nitrogen and oxygen atoms in total. The zero-order valence-corrected chi connectivity index (χ0v) is 19.3. The number of hydrogen-bond acceptors (Lipinski definition) is 4. The summed E-state index contributed by atoms with van der Waals surface area (Å²) in [5.74, 6) is 0.354. The first-order chi connectivity index (χ1) is 15.5. The predicted molar refractivity (Wildman–Crippen MR) is 127 cm³/mol. The molecular weight excluding hydrogens is 425 g/mol. The Bertz CT molecular complexity index is 980. The van der Waals surface area contributed by atoms with E-state index in [0.29, 0.717) is 19.0 Å². The van der Waals surface area contributed by atoms with Crippen molar-refractivity contribution in [3.63, 3.8) is 0 Å². The highest BCUT2D eigenvalue weighted by atomic mass is 32.2. The van der Waals surface area contributed by atoms with E-state index < -0.39 is 10.0 Å². The Morgan fingerprint density at radius 1 is 0.844 bits per heavy atom. The first-order valence-corrected chi connectivity index (χ1v) is 12.9. The standard InChI is InChI=1S/C25H32FN3O2S/c26-25-8-6-23(7-9-25)20-27-15-17-28(18-16-27)21-24-10-13-29(14-11-24)32(30,31)19-12-22-4-2-1-3-5-22/h1-9,12,19,24H,10-11,13-18,20-21H2. The van der Waals surface area contributed by atoms with Crippen LogP contribution in [-0.2, 0) is 16.6 Å². The van der Waals surface area contributed by atoms with Crippen molar-refractivity contribution in [2.45, 2.75) is 19.4 Å². The van der Waals surface area contributed by atoms with Gasteiger partial charge in [-0.25, -0.2) is 12.8 Å². The van der Waals surface area contributed by atoms with Crippen LogP contribution in [0.2, 0.25) is 0 Å². The van der Waals surface area contributed by atoms with Gasteiger partial charge in [-0.1, -0.05) is 42.5 Å². The molecule has 0 bridgehead atoms. The van der Waals surface area contributed by atoms with Crippen LogP contribution >= 0.6 is 0 Å². The van der Waals surface area contributed by atoms with Crippen LogP contribution in [0.4, 0.5) is 4.39 Å². The molecule has 0 aliphatic carbocycles. The SMILES string of the molecule is O=S(=O)(C=Cc1ccccc1)N1CCC(CN2CCN(Cc3ccc(F)cc3)CC2)CC1. The zero-order valence-electron chi connectivity index (χ0n) is 18.4. The fraction of sp³-hybridized carbons (Fsp3) is 0.440. The number of hydrogen-bond donors (Lipinski definition) is 0. The van der Waals surface area contributed by atoms with E-state index in [1.807, 2.05) is 42.5 Å². The number of rotatable bonds is 7. The van der Waals surface area contributed by atoms with Crippen LogP contribution < -0.4 is 0 Å². The van der Waals surface area contributed by atoms with Gasteiger partial charge in [0.25, 0.3) is 0 Å². The fourth-order valence-corrected chi connectivity index (χ4v) is 5.73. The third kappa shape index (κ3) is 6.48. The lowest BCUT2D eigenvalue weighted by atomic mass is 9.97. The second kappa shape index (κ2) is 10.7. The summed E-state index contributed by atoms with van der Waals surface area (Å²) in [7, 11) is -3.37. The van der Waals surface area contributed by atoms with E-state index >= 15 is 0 Å². The van der Waals surface area contributed by atoms with Crippen LogP contribution in [0.15, 0.2) is 60.0 Å². The van der Waals surface area contributed by atoms with E-state index in [1.54, 1.807) is 10.4 Å². The zero-order chi connectivity index (χ0) is 22.4. The Morgan fingerprint density at radius 2 is 1.47 bits per heavy atom. The number of halogens is 1. The molecule has 2 saturated heterocycles. The number of sulfonamides is 1. The van der Waals surface area contributed by atoms with Gasteiger partial charge in [0.05, 0.1) is 0 Å². The van der Waals surface area contributed by atoms with Crippen molar-refractivity contribution in [1.29, 1.82) is 0 Å². The van der Waals surface area contributed by atoms with E-state index in [2.05, 4.69) is 9.80 Å². The van der Waals surface area contributed by atoms with Crippen LogP contribution in [0.1, 0.15) is 24.0 Å². The lowest BCUT2D eigenvalue weighted by molar-refractivity contribution is 0.102. The molecule has 0 unspecified atom stereocenters. The molecule has 0 saturated carbocycles. The average Bonchev–Trinajstić information content (AvgIpc) is 2.82. The van der Waals surface area contributed by atoms with Crippen molar-refractivity contribution in [2.75, 3.05) is 45.8 Å². The molecule has 0 spiro atoms. The molecule has 2 heterocycles. The minimum absolute atomic E-state index is 0.190. The van der Waals surface area contributed by atoms with Gasteiger partial charge in [0, 0.05) is 57.8 Å². The molecule has 7 heteroatoms. The van der Waals surface area contributed by atoms with E-state index in [9.17, 15) is 12.8 Å². The summed E-state index contributed by atoms with van der Waals surface area (Å²) >= 11 is 0. The van der Waals surface area contributed by atoms with Crippen molar-refractivity contribution in [2.24, 2.45) is 5.92 Å². The highest BCUT2D eigenvalue weighted by molar-refractivity contribution is 7.92. The van der Waals surface area contributed by atoms with Crippen LogP contribution in [0.3, 0.4) is 0 Å². The van der Waals surface area contributed by atoms with Crippen LogP contribution in [0.25, 0.3) is 6.08 Å². The van der Waals surface area contributed by atoms with Crippen molar-refractivity contribution in [3.05, 3.63) is 76.9 Å². The highest BCUT2D eigenvalue weighted by Crippen LogP contribution is 2.22. The molecule has 2 aliphatic rings. The van der Waals surface area contributed by atoms with Gasteiger partial charge in [0.2, 0.25) is 10.0 Å². The lowest BCUT2D eigenvalue weighted by Crippen LogP contribution is -2.48. The van der Waals surface area contributed by atoms with E-state index in [0.717, 1.165) is 63.2 Å². The van der Waals surface area contributed by atoms with Crippen LogP contribution in [0.5, 0.6) is 0 Å². The Kier molecular flexibility index (Phi) is 7.73. The minimum atomic E-state index is -3.37. The van der Waals surface area contributed by atoms with Gasteiger partial charge < -0.3 is 4.90 Å². The van der Waals surface area contributed by atoms with Gasteiger partial charge in [0.1, 0.15) is 5.82 Å². The molecule has 0 atom stereocenters. The van der Waals surface area contributed by atoms with E-state index in [4.69, 9.17) is 0 Å². The van der Waals surface area contributed by atoms with Gasteiger partial charge in [-0.3, -0.25) is 4.90 Å². The summed E-state index contributed by atoms with van der Waals surface area (Å²) in [6, 6.07) is 16.3. The number of benzene rings is 2. The summed E-state index contributed by atoms with van der Waals surface area (Å²) in [6.07, 6.45) is 3.50. The Balaban J connectivity index is 1.19.